The smallest absolute Gasteiger partial charge is 0.153 e. The molecule has 0 saturated heterocycles. The molecule has 1 N–H and O–H groups in total. The maximum atomic E-state index is 5.82. The fourth-order valence-electron chi connectivity index (χ4n) is 0.986. The van der Waals surface area contributed by atoms with E-state index in [-0.39, 0.29) is 0 Å². The molecule has 2 aromatic heterocycles. The van der Waals surface area contributed by atoms with Crippen LogP contribution in [-0.4, -0.2) is 9.97 Å². The molecule has 0 aliphatic rings. The Labute approximate surface area is 82.1 Å². The Kier molecular flexibility index (Phi) is 1.77. The number of aromatic amines is 1. The SMILES string of the molecule is Clc1nccc2c(I)c[nH]c12. The number of H-pyrrole nitrogens is 1. The van der Waals surface area contributed by atoms with Crippen molar-refractivity contribution in [1.29, 1.82) is 0 Å². The van der Waals surface area contributed by atoms with Gasteiger partial charge in [-0.1, -0.05) is 11.6 Å². The van der Waals surface area contributed by atoms with Gasteiger partial charge in [-0.25, -0.2) is 4.98 Å². The van der Waals surface area contributed by atoms with Crippen molar-refractivity contribution in [3.63, 3.8) is 0 Å². The maximum Gasteiger partial charge on any atom is 0.153 e. The lowest BCUT2D eigenvalue weighted by Gasteiger charge is -1.90. The highest BCUT2D eigenvalue weighted by Crippen LogP contribution is 2.23. The molecule has 0 spiro atoms. The molecule has 0 radical (unpaired) electrons. The molecule has 0 bridgehead atoms. The zero-order valence-electron chi connectivity index (χ0n) is 5.44. The summed E-state index contributed by atoms with van der Waals surface area (Å²) >= 11 is 8.08. The molecule has 11 heavy (non-hydrogen) atoms. The minimum absolute atomic E-state index is 0.533. The average molecular weight is 278 g/mol. The van der Waals surface area contributed by atoms with Gasteiger partial charge in [-0.2, -0.15) is 0 Å². The minimum atomic E-state index is 0.533. The molecule has 2 rings (SSSR count). The molecular weight excluding hydrogens is 274 g/mol. The molecule has 0 aromatic carbocycles. The van der Waals surface area contributed by atoms with Gasteiger partial charge in [0.15, 0.2) is 5.15 Å². The van der Waals surface area contributed by atoms with Gasteiger partial charge in [0.05, 0.1) is 5.52 Å². The van der Waals surface area contributed by atoms with Crippen LogP contribution >= 0.6 is 34.2 Å². The van der Waals surface area contributed by atoms with Crippen LogP contribution in [0, 0.1) is 3.57 Å². The van der Waals surface area contributed by atoms with Crippen molar-refractivity contribution in [1.82, 2.24) is 9.97 Å². The molecule has 0 aliphatic carbocycles. The van der Waals surface area contributed by atoms with E-state index >= 15 is 0 Å². The number of halogens is 2. The topological polar surface area (TPSA) is 28.7 Å². The van der Waals surface area contributed by atoms with Gasteiger partial charge < -0.3 is 4.98 Å². The number of hydrogen-bond acceptors (Lipinski definition) is 1. The van der Waals surface area contributed by atoms with Crippen molar-refractivity contribution in [2.75, 3.05) is 0 Å². The first-order chi connectivity index (χ1) is 5.29. The summed E-state index contributed by atoms with van der Waals surface area (Å²) < 4.78 is 1.17. The van der Waals surface area contributed by atoms with Crippen molar-refractivity contribution < 1.29 is 0 Å². The molecule has 0 unspecified atom stereocenters. The standard InChI is InChI=1S/C7H4ClIN2/c8-7-6-4(1-2-10-7)5(9)3-11-6/h1-3,11H. The summed E-state index contributed by atoms with van der Waals surface area (Å²) in [5, 5.41) is 1.66. The van der Waals surface area contributed by atoms with E-state index in [1.807, 2.05) is 12.3 Å². The highest BCUT2D eigenvalue weighted by atomic mass is 127. The third-order valence-corrected chi connectivity index (χ3v) is 2.68. The molecule has 0 saturated carbocycles. The van der Waals surface area contributed by atoms with Crippen LogP contribution in [0.3, 0.4) is 0 Å². The molecule has 4 heteroatoms. The third-order valence-electron chi connectivity index (χ3n) is 1.51. The molecule has 0 fully saturated rings. The summed E-state index contributed by atoms with van der Waals surface area (Å²) in [6.07, 6.45) is 3.62. The van der Waals surface area contributed by atoms with Gasteiger partial charge in [0, 0.05) is 21.4 Å². The second-order valence-electron chi connectivity index (χ2n) is 2.16. The van der Waals surface area contributed by atoms with Crippen LogP contribution in [0.5, 0.6) is 0 Å². The summed E-state index contributed by atoms with van der Waals surface area (Å²) in [6.45, 7) is 0. The molecular formula is C7H4ClIN2. The van der Waals surface area contributed by atoms with Crippen LogP contribution in [-0.2, 0) is 0 Å². The van der Waals surface area contributed by atoms with E-state index in [2.05, 4.69) is 32.6 Å². The predicted molar refractivity (Wildman–Crippen MR) is 53.8 cm³/mol. The zero-order chi connectivity index (χ0) is 7.84. The maximum absolute atomic E-state index is 5.82. The monoisotopic (exact) mass is 278 g/mol. The predicted octanol–water partition coefficient (Wildman–Crippen LogP) is 2.82. The lowest BCUT2D eigenvalue weighted by atomic mass is 10.3. The van der Waals surface area contributed by atoms with Crippen molar-refractivity contribution in [3.8, 4) is 0 Å². The Hall–Kier alpha value is -0.290. The van der Waals surface area contributed by atoms with Gasteiger partial charge in [-0.3, -0.25) is 0 Å². The van der Waals surface area contributed by atoms with E-state index in [9.17, 15) is 0 Å². The van der Waals surface area contributed by atoms with E-state index in [1.165, 1.54) is 3.57 Å². The van der Waals surface area contributed by atoms with Gasteiger partial charge in [0.1, 0.15) is 0 Å². The van der Waals surface area contributed by atoms with E-state index in [0.29, 0.717) is 5.15 Å². The normalized spacial score (nSPS) is 10.7. The minimum Gasteiger partial charge on any atom is -0.358 e. The number of fused-ring (bicyclic) bond motifs is 1. The molecule has 2 heterocycles. The second kappa shape index (κ2) is 2.64. The van der Waals surface area contributed by atoms with Crippen LogP contribution in [0.15, 0.2) is 18.5 Å². The third kappa shape index (κ3) is 1.12. The van der Waals surface area contributed by atoms with Gasteiger partial charge in [-0.05, 0) is 28.7 Å². The first kappa shape index (κ1) is 7.36. The Balaban J connectivity index is 2.94. The van der Waals surface area contributed by atoms with Gasteiger partial charge in [0.2, 0.25) is 0 Å². The van der Waals surface area contributed by atoms with E-state index in [0.717, 1.165) is 10.9 Å². The van der Waals surface area contributed by atoms with Crippen molar-refractivity contribution >= 4 is 45.1 Å². The molecule has 0 atom stereocenters. The van der Waals surface area contributed by atoms with E-state index in [1.54, 1.807) is 6.20 Å². The number of hydrogen-bond donors (Lipinski definition) is 1. The molecule has 0 amide bonds. The van der Waals surface area contributed by atoms with Gasteiger partial charge in [0.25, 0.3) is 0 Å². The number of pyridine rings is 1. The Morgan fingerprint density at radius 3 is 3.09 bits per heavy atom. The average Bonchev–Trinajstić information content (AvgIpc) is 2.35. The summed E-state index contributed by atoms with van der Waals surface area (Å²) in [7, 11) is 0. The number of rotatable bonds is 0. The molecule has 0 aliphatic heterocycles. The van der Waals surface area contributed by atoms with Crippen LogP contribution in [0.4, 0.5) is 0 Å². The van der Waals surface area contributed by atoms with Crippen molar-refractivity contribution in [2.45, 2.75) is 0 Å². The molecule has 2 nitrogen and oxygen atoms in total. The van der Waals surface area contributed by atoms with Gasteiger partial charge in [-0.15, -0.1) is 0 Å². The summed E-state index contributed by atoms with van der Waals surface area (Å²) in [5.41, 5.74) is 0.915. The quantitative estimate of drug-likeness (QED) is 0.582. The summed E-state index contributed by atoms with van der Waals surface area (Å²) in [6, 6.07) is 1.94. The van der Waals surface area contributed by atoms with Gasteiger partial charge >= 0.3 is 0 Å². The largest absolute Gasteiger partial charge is 0.358 e. The highest BCUT2D eigenvalue weighted by Gasteiger charge is 2.03. The lowest BCUT2D eigenvalue weighted by Crippen LogP contribution is -1.75. The van der Waals surface area contributed by atoms with Crippen molar-refractivity contribution in [3.05, 3.63) is 27.2 Å². The number of aromatic nitrogens is 2. The van der Waals surface area contributed by atoms with E-state index < -0.39 is 0 Å². The molecule has 56 valence electrons. The van der Waals surface area contributed by atoms with Crippen LogP contribution in [0.25, 0.3) is 10.9 Å². The lowest BCUT2D eigenvalue weighted by molar-refractivity contribution is 1.34. The van der Waals surface area contributed by atoms with Crippen LogP contribution in [0.2, 0.25) is 5.15 Å². The first-order valence-electron chi connectivity index (χ1n) is 3.06. The first-order valence-corrected chi connectivity index (χ1v) is 4.52. The number of nitrogens with zero attached hydrogens (tertiary/aromatic N) is 1. The fraction of sp³-hybridized carbons (Fsp3) is 0. The van der Waals surface area contributed by atoms with E-state index in [4.69, 9.17) is 11.6 Å². The highest BCUT2D eigenvalue weighted by molar-refractivity contribution is 14.1. The summed E-state index contributed by atoms with van der Waals surface area (Å²) in [4.78, 5) is 7.01. The molecule has 2 aromatic rings. The Morgan fingerprint density at radius 1 is 1.55 bits per heavy atom. The Bertz CT molecular complexity index is 396. The summed E-state index contributed by atoms with van der Waals surface area (Å²) in [5.74, 6) is 0. The Morgan fingerprint density at radius 2 is 2.36 bits per heavy atom. The van der Waals surface area contributed by atoms with Crippen molar-refractivity contribution in [2.24, 2.45) is 0 Å². The zero-order valence-corrected chi connectivity index (χ0v) is 8.35. The number of nitrogens with one attached hydrogen (secondary N) is 1. The fourth-order valence-corrected chi connectivity index (χ4v) is 1.80. The van der Waals surface area contributed by atoms with Crippen LogP contribution in [0.1, 0.15) is 0 Å². The second-order valence-corrected chi connectivity index (χ2v) is 3.68. The van der Waals surface area contributed by atoms with Crippen LogP contribution < -0.4 is 0 Å².